The summed E-state index contributed by atoms with van der Waals surface area (Å²) in [5, 5.41) is 8.54. The minimum Gasteiger partial charge on any atom is -0.495 e. The largest absolute Gasteiger partial charge is 0.495 e. The minimum atomic E-state index is -3.58. The fourth-order valence-electron chi connectivity index (χ4n) is 10.0. The van der Waals surface area contributed by atoms with E-state index in [1.54, 1.807) is 35.2 Å². The number of hydrogen-bond acceptors (Lipinski definition) is 13. The number of amides is 6. The van der Waals surface area contributed by atoms with Gasteiger partial charge in [0.05, 0.1) is 36.7 Å². The molecule has 1 aromatic heterocycles. The summed E-state index contributed by atoms with van der Waals surface area (Å²) in [5.74, 6) is -5.85. The molecule has 0 bridgehead atoms. The SMILES string of the molecule is COc1cc(C(=O)NC2CCN(CCC3CN(Cc4cccc5c4C(=O)N(C4CCC(=O)NC4=O)C5=O)C3)CC2)ccc1Nc1ncc2c(n1)N(C1CCCC1)CC(F)(F)C(=O)N2C. The lowest BCUT2D eigenvalue weighted by atomic mass is 9.93. The summed E-state index contributed by atoms with van der Waals surface area (Å²) in [4.78, 5) is 94.2. The summed E-state index contributed by atoms with van der Waals surface area (Å²) < 4.78 is 35.7. The Morgan fingerprint density at radius 3 is 2.47 bits per heavy atom. The Labute approximate surface area is 368 Å². The first kappa shape index (κ1) is 43.2. The molecule has 0 radical (unpaired) electrons. The summed E-state index contributed by atoms with van der Waals surface area (Å²) in [7, 11) is 2.80. The van der Waals surface area contributed by atoms with Crippen LogP contribution in [0.1, 0.15) is 94.4 Å². The van der Waals surface area contributed by atoms with Crippen molar-refractivity contribution in [3.05, 3.63) is 64.8 Å². The lowest BCUT2D eigenvalue weighted by Crippen LogP contribution is -2.54. The topological polar surface area (TPSA) is 190 Å². The lowest BCUT2D eigenvalue weighted by molar-refractivity contribution is -0.140. The first-order valence-electron chi connectivity index (χ1n) is 22.1. The highest BCUT2D eigenvalue weighted by atomic mass is 19.3. The maximum Gasteiger partial charge on any atom is 0.342 e. The van der Waals surface area contributed by atoms with Crippen molar-refractivity contribution in [2.75, 3.05) is 68.5 Å². The van der Waals surface area contributed by atoms with Crippen LogP contribution >= 0.6 is 0 Å². The van der Waals surface area contributed by atoms with E-state index >= 15 is 8.78 Å². The first-order chi connectivity index (χ1) is 30.8. The fourth-order valence-corrected chi connectivity index (χ4v) is 10.0. The number of halogens is 2. The number of carbonyl (C=O) groups excluding carboxylic acids is 6. The number of rotatable bonds is 12. The molecule has 1 unspecified atom stereocenters. The molecule has 3 N–H and O–H groups in total. The van der Waals surface area contributed by atoms with Crippen LogP contribution in [0, 0.1) is 5.92 Å². The van der Waals surface area contributed by atoms with Crippen molar-refractivity contribution in [1.82, 2.24) is 35.3 Å². The number of methoxy groups -OCH3 is 1. The number of piperidine rings is 2. The zero-order valence-electron chi connectivity index (χ0n) is 35.9. The molecule has 2 aromatic carbocycles. The van der Waals surface area contributed by atoms with Gasteiger partial charge in [-0.2, -0.15) is 13.8 Å². The van der Waals surface area contributed by atoms with Gasteiger partial charge in [0.15, 0.2) is 5.82 Å². The number of anilines is 4. The van der Waals surface area contributed by atoms with Crippen LogP contribution in [0.15, 0.2) is 42.6 Å². The molecule has 338 valence electrons. The third kappa shape index (κ3) is 8.37. The molecule has 1 aliphatic carbocycles. The average molecular weight is 883 g/mol. The number of ether oxygens (including phenoxy) is 1. The molecule has 3 saturated heterocycles. The second-order valence-electron chi connectivity index (χ2n) is 17.8. The number of hydrogen-bond donors (Lipinski definition) is 3. The minimum absolute atomic E-state index is 0.00743. The highest BCUT2D eigenvalue weighted by Crippen LogP contribution is 2.40. The van der Waals surface area contributed by atoms with Crippen LogP contribution in [0.4, 0.5) is 31.9 Å². The molecule has 6 heterocycles. The molecule has 5 aliphatic heterocycles. The van der Waals surface area contributed by atoms with Crippen LogP contribution in [0.2, 0.25) is 0 Å². The van der Waals surface area contributed by atoms with Crippen molar-refractivity contribution in [1.29, 1.82) is 0 Å². The van der Waals surface area contributed by atoms with E-state index in [9.17, 15) is 28.8 Å². The van der Waals surface area contributed by atoms with Gasteiger partial charge >= 0.3 is 5.92 Å². The number of alkyl halides is 2. The second kappa shape index (κ2) is 17.5. The lowest BCUT2D eigenvalue weighted by Gasteiger charge is -2.41. The zero-order valence-corrected chi connectivity index (χ0v) is 35.9. The summed E-state index contributed by atoms with van der Waals surface area (Å²) in [5.41, 5.74) is 2.50. The third-order valence-electron chi connectivity index (χ3n) is 13.6. The molecule has 3 aromatic rings. The predicted octanol–water partition coefficient (Wildman–Crippen LogP) is 3.71. The summed E-state index contributed by atoms with van der Waals surface area (Å²) in [6.07, 6.45) is 7.48. The quantitative estimate of drug-likeness (QED) is 0.224. The van der Waals surface area contributed by atoms with Gasteiger partial charge in [0.1, 0.15) is 17.5 Å². The Morgan fingerprint density at radius 2 is 1.73 bits per heavy atom. The standard InChI is InChI=1S/C45H52F2N10O7/c1-53-34-21-48-44(52-38(34)56(30-7-3-4-8-30)25-45(46,47)43(53)63)50-32-11-10-27(20-35(32)64-2)39(59)49-29-15-18-54(19-16-29)17-14-26-22-55(23-26)24-28-6-5-9-31-37(28)42(62)57(41(31)61)33-12-13-36(58)51-40(33)60/h5-6,9-11,20-21,26,29-30,33H,3-4,7-8,12-19,22-25H2,1-2H3,(H,49,59)(H,48,50,52)(H,51,58,60). The smallest absolute Gasteiger partial charge is 0.342 e. The van der Waals surface area contributed by atoms with Crippen molar-refractivity contribution in [2.45, 2.75) is 88.4 Å². The van der Waals surface area contributed by atoms with Crippen LogP contribution in [-0.2, 0) is 20.9 Å². The molecule has 6 amide bonds. The molecule has 64 heavy (non-hydrogen) atoms. The molecule has 19 heteroatoms. The van der Waals surface area contributed by atoms with Crippen molar-refractivity contribution >= 4 is 58.6 Å². The van der Waals surface area contributed by atoms with E-state index in [1.165, 1.54) is 20.4 Å². The highest BCUT2D eigenvalue weighted by molar-refractivity contribution is 6.24. The van der Waals surface area contributed by atoms with Gasteiger partial charge in [-0.1, -0.05) is 25.0 Å². The molecule has 9 rings (SSSR count). The molecular weight excluding hydrogens is 831 g/mol. The van der Waals surface area contributed by atoms with Gasteiger partial charge < -0.3 is 30.1 Å². The van der Waals surface area contributed by atoms with Crippen molar-refractivity contribution in [2.24, 2.45) is 5.92 Å². The number of benzene rings is 2. The maximum atomic E-state index is 15.0. The van der Waals surface area contributed by atoms with E-state index in [1.807, 2.05) is 6.07 Å². The molecule has 6 aliphatic rings. The molecule has 4 fully saturated rings. The van der Waals surface area contributed by atoms with Crippen LogP contribution in [0.25, 0.3) is 0 Å². The van der Waals surface area contributed by atoms with E-state index in [4.69, 9.17) is 4.74 Å². The molecule has 1 atom stereocenters. The normalized spacial score (nSPS) is 22.3. The van der Waals surface area contributed by atoms with E-state index in [2.05, 4.69) is 35.7 Å². The van der Waals surface area contributed by atoms with Gasteiger partial charge in [-0.15, -0.1) is 0 Å². The molecule has 17 nitrogen and oxygen atoms in total. The van der Waals surface area contributed by atoms with Crippen LogP contribution in [-0.4, -0.2) is 138 Å². The van der Waals surface area contributed by atoms with Crippen LogP contribution in [0.3, 0.4) is 0 Å². The monoisotopic (exact) mass is 882 g/mol. The average Bonchev–Trinajstić information content (AvgIpc) is 3.88. The van der Waals surface area contributed by atoms with Crippen LogP contribution in [0.5, 0.6) is 5.75 Å². The Kier molecular flexibility index (Phi) is 11.8. The van der Waals surface area contributed by atoms with Crippen LogP contribution < -0.4 is 30.5 Å². The van der Waals surface area contributed by atoms with E-state index in [-0.39, 0.29) is 48.3 Å². The van der Waals surface area contributed by atoms with Gasteiger partial charge in [-0.05, 0) is 80.8 Å². The Bertz CT molecular complexity index is 2380. The summed E-state index contributed by atoms with van der Waals surface area (Å²) >= 11 is 0. The zero-order chi connectivity index (χ0) is 44.9. The van der Waals surface area contributed by atoms with Gasteiger partial charge in [-0.3, -0.25) is 43.9 Å². The summed E-state index contributed by atoms with van der Waals surface area (Å²) in [6, 6.07) is 9.08. The van der Waals surface area contributed by atoms with E-state index in [0.717, 1.165) is 93.0 Å². The summed E-state index contributed by atoms with van der Waals surface area (Å²) in [6.45, 7) is 4.14. The number of imide groups is 2. The van der Waals surface area contributed by atoms with Crippen molar-refractivity contribution in [3.8, 4) is 5.75 Å². The van der Waals surface area contributed by atoms with Gasteiger partial charge in [0, 0.05) is 63.8 Å². The van der Waals surface area contributed by atoms with E-state index < -0.39 is 48.0 Å². The van der Waals surface area contributed by atoms with Gasteiger partial charge in [-0.25, -0.2) is 4.98 Å². The van der Waals surface area contributed by atoms with Crippen molar-refractivity contribution < 1.29 is 42.3 Å². The predicted molar refractivity (Wildman–Crippen MR) is 230 cm³/mol. The number of nitrogens with one attached hydrogen (secondary N) is 3. The molecular formula is C45H52F2N10O7. The molecule has 1 saturated carbocycles. The first-order valence-corrected chi connectivity index (χ1v) is 22.1. The van der Waals surface area contributed by atoms with Gasteiger partial charge in [0.2, 0.25) is 17.8 Å². The number of carbonyl (C=O) groups is 6. The Morgan fingerprint density at radius 1 is 0.969 bits per heavy atom. The van der Waals surface area contributed by atoms with E-state index in [0.29, 0.717) is 40.6 Å². The highest BCUT2D eigenvalue weighted by Gasteiger charge is 2.49. The second-order valence-corrected chi connectivity index (χ2v) is 17.8. The Hall–Kier alpha value is -6.08. The maximum absolute atomic E-state index is 15.0. The number of likely N-dealkylation sites (tertiary alicyclic amines) is 2. The number of nitrogens with zero attached hydrogens (tertiary/aromatic N) is 7. The Balaban J connectivity index is 0.740. The molecule has 0 spiro atoms. The number of fused-ring (bicyclic) bond motifs is 2. The fraction of sp³-hybridized carbons (Fsp3) is 0.511. The van der Waals surface area contributed by atoms with Crippen molar-refractivity contribution in [3.63, 3.8) is 0 Å². The third-order valence-corrected chi connectivity index (χ3v) is 13.6. The van der Waals surface area contributed by atoms with Gasteiger partial charge in [0.25, 0.3) is 23.6 Å². The number of aromatic nitrogens is 2.